The maximum Gasteiger partial charge on any atom is 0.181 e. The molecule has 3 aromatic heterocycles. The number of hydrogen-bond acceptors (Lipinski definition) is 0. The van der Waals surface area contributed by atoms with Crippen molar-refractivity contribution in [3.63, 3.8) is 0 Å². The van der Waals surface area contributed by atoms with Gasteiger partial charge in [-0.2, -0.15) is 0 Å². The van der Waals surface area contributed by atoms with E-state index in [2.05, 4.69) is 287 Å². The molecule has 328 valence electrons. The van der Waals surface area contributed by atoms with Gasteiger partial charge in [0.15, 0.2) is 8.07 Å². The van der Waals surface area contributed by atoms with Crippen molar-refractivity contribution in [3.8, 4) is 28.2 Å². The number of fused-ring (bicyclic) bond motifs is 9. The number of para-hydroxylation sites is 4. The Morgan fingerprint density at radius 3 is 1.33 bits per heavy atom. The average Bonchev–Trinajstić information content (AvgIpc) is 4.09. The smallest absolute Gasteiger partial charge is 0.181 e. The Hall–Kier alpha value is -8.96. The summed E-state index contributed by atoms with van der Waals surface area (Å²) < 4.78 is 7.55. The van der Waals surface area contributed by atoms with Crippen LogP contribution in [-0.2, 0) is 0 Å². The van der Waals surface area contributed by atoms with E-state index in [1.807, 2.05) is 0 Å². The van der Waals surface area contributed by atoms with Gasteiger partial charge in [-0.15, -0.1) is 0 Å². The van der Waals surface area contributed by atoms with Crippen LogP contribution >= 0.6 is 0 Å². The number of nitrogens with zero attached hydrogens (tertiary/aromatic N) is 3. The standard InChI is InChI=1S/C66H45N3Si/c1-5-22-46(23-6-1)47-24-19-25-48(44-47)68-60-38-18-15-34-56(60)65-62(68)39-21-40-63(65)69-61-43-42-49(67-58-36-16-13-32-53(58)54-33-14-17-37-59(54)67)45-57(61)55-35-20-41-64(66(55)69)70(50-26-7-2-8-27-50,51-28-9-3-10-29-51)52-30-11-4-12-31-52/h1-45H. The van der Waals surface area contributed by atoms with E-state index in [0.717, 1.165) is 22.6 Å². The second kappa shape index (κ2) is 16.1. The molecule has 0 fully saturated rings. The van der Waals surface area contributed by atoms with Crippen molar-refractivity contribution >= 4 is 94.2 Å². The Bertz CT molecular complexity index is 4130. The third-order valence-electron chi connectivity index (χ3n) is 14.8. The number of benzene rings is 11. The normalized spacial score (nSPS) is 12.0. The maximum atomic E-state index is 2.63. The topological polar surface area (TPSA) is 14.8 Å². The molecule has 0 amide bonds. The monoisotopic (exact) mass is 907 g/mol. The zero-order valence-electron chi connectivity index (χ0n) is 38.3. The molecular weight excluding hydrogens is 863 g/mol. The van der Waals surface area contributed by atoms with Crippen molar-refractivity contribution in [3.05, 3.63) is 273 Å². The summed E-state index contributed by atoms with van der Waals surface area (Å²) in [6, 6.07) is 102. The van der Waals surface area contributed by atoms with Gasteiger partial charge in [-0.05, 0) is 92.5 Å². The Kier molecular flexibility index (Phi) is 9.23. The summed E-state index contributed by atoms with van der Waals surface area (Å²) in [6.45, 7) is 0. The SMILES string of the molecule is c1ccc(-c2cccc(-n3c4ccccc4c4c(-n5c6ccc(-n7c8ccccc8c8ccccc87)cc6c6cccc([Si](c7ccccc7)(c7ccccc7)c7ccccc7)c65)cccc43)c2)cc1. The summed E-state index contributed by atoms with van der Waals surface area (Å²) in [6.07, 6.45) is 0. The van der Waals surface area contributed by atoms with Gasteiger partial charge in [0.1, 0.15) is 0 Å². The van der Waals surface area contributed by atoms with Crippen LogP contribution in [0.5, 0.6) is 0 Å². The van der Waals surface area contributed by atoms with Crippen LogP contribution in [0.3, 0.4) is 0 Å². The van der Waals surface area contributed by atoms with Gasteiger partial charge in [0.2, 0.25) is 0 Å². The molecule has 70 heavy (non-hydrogen) atoms. The van der Waals surface area contributed by atoms with Crippen LogP contribution in [0.2, 0.25) is 0 Å². The molecule has 0 spiro atoms. The molecule has 4 heteroatoms. The van der Waals surface area contributed by atoms with Gasteiger partial charge < -0.3 is 13.7 Å². The minimum atomic E-state index is -3.07. The van der Waals surface area contributed by atoms with Gasteiger partial charge in [0.25, 0.3) is 0 Å². The molecule has 0 aliphatic heterocycles. The predicted molar refractivity (Wildman–Crippen MR) is 299 cm³/mol. The second-order valence-electron chi connectivity index (χ2n) is 18.4. The fourth-order valence-corrected chi connectivity index (χ4v) is 16.9. The number of hydrogen-bond donors (Lipinski definition) is 0. The molecule has 0 bridgehead atoms. The molecule has 0 aliphatic rings. The Balaban J connectivity index is 1.14. The van der Waals surface area contributed by atoms with Crippen molar-refractivity contribution in [2.75, 3.05) is 0 Å². The van der Waals surface area contributed by atoms with Crippen LogP contribution in [0.4, 0.5) is 0 Å². The quantitative estimate of drug-likeness (QED) is 0.107. The zero-order valence-corrected chi connectivity index (χ0v) is 39.3. The van der Waals surface area contributed by atoms with Crippen LogP contribution in [0, 0.1) is 0 Å². The van der Waals surface area contributed by atoms with Crippen molar-refractivity contribution in [2.24, 2.45) is 0 Å². The fraction of sp³-hybridized carbons (Fsp3) is 0. The third kappa shape index (κ3) is 5.94. The first-order valence-electron chi connectivity index (χ1n) is 24.2. The van der Waals surface area contributed by atoms with Crippen molar-refractivity contribution < 1.29 is 0 Å². The molecule has 11 aromatic carbocycles. The fourth-order valence-electron chi connectivity index (χ4n) is 11.9. The molecule has 3 heterocycles. The van der Waals surface area contributed by atoms with Gasteiger partial charge in [0, 0.05) is 43.7 Å². The van der Waals surface area contributed by atoms with Gasteiger partial charge >= 0.3 is 0 Å². The zero-order chi connectivity index (χ0) is 46.2. The maximum absolute atomic E-state index is 3.07. The summed E-state index contributed by atoms with van der Waals surface area (Å²) in [4.78, 5) is 0. The minimum absolute atomic E-state index is 1.13. The van der Waals surface area contributed by atoms with Gasteiger partial charge in [0.05, 0.1) is 38.8 Å². The molecule has 0 saturated heterocycles. The van der Waals surface area contributed by atoms with E-state index in [1.54, 1.807) is 0 Å². The highest BCUT2D eigenvalue weighted by Gasteiger charge is 2.43. The summed E-state index contributed by atoms with van der Waals surface area (Å²) in [5, 5.41) is 12.8. The summed E-state index contributed by atoms with van der Waals surface area (Å²) in [7, 11) is -3.07. The summed E-state index contributed by atoms with van der Waals surface area (Å²) in [5.74, 6) is 0. The summed E-state index contributed by atoms with van der Waals surface area (Å²) in [5.41, 5.74) is 12.9. The molecule has 0 unspecified atom stereocenters. The molecule has 0 aliphatic carbocycles. The van der Waals surface area contributed by atoms with Crippen LogP contribution in [0.15, 0.2) is 273 Å². The highest BCUT2D eigenvalue weighted by Crippen LogP contribution is 2.42. The number of aromatic nitrogens is 3. The van der Waals surface area contributed by atoms with Crippen molar-refractivity contribution in [1.29, 1.82) is 0 Å². The van der Waals surface area contributed by atoms with Crippen LogP contribution in [-0.4, -0.2) is 21.8 Å². The molecule has 0 radical (unpaired) electrons. The Morgan fingerprint density at radius 2 is 0.700 bits per heavy atom. The second-order valence-corrected chi connectivity index (χ2v) is 22.2. The molecule has 0 saturated carbocycles. The lowest BCUT2D eigenvalue weighted by Crippen LogP contribution is -2.75. The van der Waals surface area contributed by atoms with E-state index in [9.17, 15) is 0 Å². The van der Waals surface area contributed by atoms with Crippen LogP contribution in [0.1, 0.15) is 0 Å². The lowest BCUT2D eigenvalue weighted by molar-refractivity contribution is 1.17. The van der Waals surface area contributed by atoms with Gasteiger partial charge in [-0.25, -0.2) is 0 Å². The van der Waals surface area contributed by atoms with E-state index in [4.69, 9.17) is 0 Å². The van der Waals surface area contributed by atoms with Crippen LogP contribution in [0.25, 0.3) is 93.6 Å². The van der Waals surface area contributed by atoms with Crippen molar-refractivity contribution in [1.82, 2.24) is 13.7 Å². The van der Waals surface area contributed by atoms with E-state index in [1.165, 1.54) is 91.8 Å². The first kappa shape index (κ1) is 40.1. The van der Waals surface area contributed by atoms with Gasteiger partial charge in [-0.1, -0.05) is 212 Å². The average molecular weight is 908 g/mol. The van der Waals surface area contributed by atoms with Gasteiger partial charge in [-0.3, -0.25) is 0 Å². The molecule has 14 aromatic rings. The highest BCUT2D eigenvalue weighted by atomic mass is 28.3. The lowest BCUT2D eigenvalue weighted by Gasteiger charge is -2.35. The Morgan fingerprint density at radius 1 is 0.257 bits per heavy atom. The number of rotatable bonds is 8. The molecule has 3 nitrogen and oxygen atoms in total. The Labute approximate surface area is 407 Å². The first-order valence-corrected chi connectivity index (χ1v) is 26.2. The summed E-state index contributed by atoms with van der Waals surface area (Å²) >= 11 is 0. The van der Waals surface area contributed by atoms with E-state index in [-0.39, 0.29) is 0 Å². The molecule has 14 rings (SSSR count). The minimum Gasteiger partial charge on any atom is -0.309 e. The molecule has 0 atom stereocenters. The predicted octanol–water partition coefficient (Wildman–Crippen LogP) is 14.0. The van der Waals surface area contributed by atoms with Crippen LogP contribution < -0.4 is 20.7 Å². The van der Waals surface area contributed by atoms with Crippen molar-refractivity contribution in [2.45, 2.75) is 0 Å². The molecule has 0 N–H and O–H groups in total. The third-order valence-corrected chi connectivity index (χ3v) is 19.6. The lowest BCUT2D eigenvalue weighted by atomic mass is 10.1. The first-order chi connectivity index (χ1) is 34.8. The molecular formula is C66H45N3Si. The van der Waals surface area contributed by atoms with E-state index in [0.29, 0.717) is 0 Å². The van der Waals surface area contributed by atoms with E-state index >= 15 is 0 Å². The van der Waals surface area contributed by atoms with E-state index < -0.39 is 8.07 Å². The highest BCUT2D eigenvalue weighted by molar-refractivity contribution is 7.20. The largest absolute Gasteiger partial charge is 0.309 e.